The largest absolute Gasteiger partial charge is 0.495 e. The first-order valence-electron chi connectivity index (χ1n) is 7.00. The number of aryl methyl sites for hydroxylation is 1. The van der Waals surface area contributed by atoms with Gasteiger partial charge in [0.15, 0.2) is 0 Å². The lowest BCUT2D eigenvalue weighted by Gasteiger charge is -2.35. The van der Waals surface area contributed by atoms with Gasteiger partial charge in [0, 0.05) is 10.5 Å². The van der Waals surface area contributed by atoms with Gasteiger partial charge < -0.3 is 10.1 Å². The molecule has 2 rings (SSSR count). The number of alkyl halides is 3. The maximum atomic E-state index is 13.2. The number of rotatable bonds is 3. The highest BCUT2D eigenvalue weighted by atomic mass is 79.9. The zero-order valence-corrected chi connectivity index (χ0v) is 13.6. The van der Waals surface area contributed by atoms with Crippen LogP contribution in [0.5, 0.6) is 5.75 Å². The molecule has 1 aromatic rings. The summed E-state index contributed by atoms with van der Waals surface area (Å²) in [6, 6.07) is 3.05. The molecule has 2 atom stereocenters. The Morgan fingerprint density at radius 2 is 1.90 bits per heavy atom. The Morgan fingerprint density at radius 3 is 2.52 bits per heavy atom. The third-order valence-electron chi connectivity index (χ3n) is 4.00. The summed E-state index contributed by atoms with van der Waals surface area (Å²) in [5.74, 6) is -0.729. The highest BCUT2D eigenvalue weighted by Crippen LogP contribution is 2.41. The van der Waals surface area contributed by atoms with E-state index >= 15 is 0 Å². The molecule has 0 aromatic heterocycles. The second kappa shape index (κ2) is 6.46. The van der Waals surface area contributed by atoms with E-state index in [1.807, 2.05) is 13.0 Å². The standard InChI is InChI=1S/C15H19BrF3NO/c1-9-7-10(16)8-13(21-2)14(9)20-12-6-4-3-5-11(12)15(17,18)19/h7-8,11-12,20H,3-6H2,1-2H3. The SMILES string of the molecule is COc1cc(Br)cc(C)c1NC1CCCCC1C(F)(F)F. The molecule has 0 saturated heterocycles. The van der Waals surface area contributed by atoms with Crippen LogP contribution in [0.3, 0.4) is 0 Å². The van der Waals surface area contributed by atoms with Crippen LogP contribution in [-0.2, 0) is 0 Å². The Morgan fingerprint density at radius 1 is 1.24 bits per heavy atom. The molecule has 0 aliphatic heterocycles. The Kier molecular flexibility index (Phi) is 5.07. The lowest BCUT2D eigenvalue weighted by molar-refractivity contribution is -0.184. The van der Waals surface area contributed by atoms with Crippen LogP contribution in [-0.4, -0.2) is 19.3 Å². The van der Waals surface area contributed by atoms with Gasteiger partial charge in [0.05, 0.1) is 18.7 Å². The monoisotopic (exact) mass is 365 g/mol. The van der Waals surface area contributed by atoms with Crippen molar-refractivity contribution in [2.45, 2.75) is 44.8 Å². The second-order valence-electron chi connectivity index (χ2n) is 5.48. The molecule has 1 fully saturated rings. The van der Waals surface area contributed by atoms with Crippen LogP contribution in [0.15, 0.2) is 16.6 Å². The molecule has 2 unspecified atom stereocenters. The predicted molar refractivity (Wildman–Crippen MR) is 80.9 cm³/mol. The van der Waals surface area contributed by atoms with Gasteiger partial charge in [0.2, 0.25) is 0 Å². The average molecular weight is 366 g/mol. The van der Waals surface area contributed by atoms with Crippen molar-refractivity contribution in [1.82, 2.24) is 0 Å². The highest BCUT2D eigenvalue weighted by Gasteiger charge is 2.45. The first-order valence-corrected chi connectivity index (χ1v) is 7.79. The summed E-state index contributed by atoms with van der Waals surface area (Å²) in [7, 11) is 1.52. The van der Waals surface area contributed by atoms with Crippen molar-refractivity contribution in [3.63, 3.8) is 0 Å². The quantitative estimate of drug-likeness (QED) is 0.784. The summed E-state index contributed by atoms with van der Waals surface area (Å²) < 4.78 is 45.6. The number of benzene rings is 1. The number of halogens is 4. The van der Waals surface area contributed by atoms with E-state index < -0.39 is 18.1 Å². The fourth-order valence-corrected chi connectivity index (χ4v) is 3.49. The molecule has 1 saturated carbocycles. The van der Waals surface area contributed by atoms with Gasteiger partial charge in [-0.25, -0.2) is 0 Å². The van der Waals surface area contributed by atoms with Gasteiger partial charge in [-0.2, -0.15) is 13.2 Å². The van der Waals surface area contributed by atoms with Crippen molar-refractivity contribution in [2.75, 3.05) is 12.4 Å². The van der Waals surface area contributed by atoms with E-state index in [4.69, 9.17) is 4.74 Å². The molecule has 6 heteroatoms. The number of methoxy groups -OCH3 is 1. The molecule has 2 nitrogen and oxygen atoms in total. The van der Waals surface area contributed by atoms with Gasteiger partial charge in [0.25, 0.3) is 0 Å². The van der Waals surface area contributed by atoms with Gasteiger partial charge in [-0.15, -0.1) is 0 Å². The van der Waals surface area contributed by atoms with Gasteiger partial charge in [-0.1, -0.05) is 28.8 Å². The molecule has 1 aliphatic rings. The minimum absolute atomic E-state index is 0.194. The van der Waals surface area contributed by atoms with Crippen molar-refractivity contribution in [1.29, 1.82) is 0 Å². The van der Waals surface area contributed by atoms with Crippen LogP contribution in [0.2, 0.25) is 0 Å². The van der Waals surface area contributed by atoms with E-state index in [9.17, 15) is 13.2 Å². The summed E-state index contributed by atoms with van der Waals surface area (Å²) in [5.41, 5.74) is 1.52. The van der Waals surface area contributed by atoms with E-state index in [0.29, 0.717) is 24.3 Å². The van der Waals surface area contributed by atoms with Crippen molar-refractivity contribution in [3.05, 3.63) is 22.2 Å². The number of hydrogen-bond donors (Lipinski definition) is 1. The van der Waals surface area contributed by atoms with Gasteiger partial charge in [0.1, 0.15) is 5.75 Å². The summed E-state index contributed by atoms with van der Waals surface area (Å²) in [6.07, 6.45) is -1.97. The van der Waals surface area contributed by atoms with E-state index in [2.05, 4.69) is 21.2 Å². The first kappa shape index (κ1) is 16.5. The summed E-state index contributed by atoms with van der Waals surface area (Å²) in [6.45, 7) is 1.86. The van der Waals surface area contributed by atoms with Crippen LogP contribution in [0.4, 0.5) is 18.9 Å². The van der Waals surface area contributed by atoms with Crippen molar-refractivity contribution in [2.24, 2.45) is 5.92 Å². The van der Waals surface area contributed by atoms with E-state index in [0.717, 1.165) is 16.5 Å². The zero-order chi connectivity index (χ0) is 15.6. The lowest BCUT2D eigenvalue weighted by Crippen LogP contribution is -2.41. The van der Waals surface area contributed by atoms with Crippen LogP contribution < -0.4 is 10.1 Å². The predicted octanol–water partition coefficient (Wildman–Crippen LogP) is 5.30. The average Bonchev–Trinajstić information content (AvgIpc) is 2.41. The molecule has 1 N–H and O–H groups in total. The Bertz CT molecular complexity index is 504. The minimum atomic E-state index is -4.16. The first-order chi connectivity index (χ1) is 9.82. The minimum Gasteiger partial charge on any atom is -0.495 e. The summed E-state index contributed by atoms with van der Waals surface area (Å²) in [4.78, 5) is 0. The third kappa shape index (κ3) is 3.84. The van der Waals surface area contributed by atoms with Crippen LogP contribution in [0.1, 0.15) is 31.2 Å². The smallest absolute Gasteiger partial charge is 0.393 e. The molecule has 0 spiro atoms. The highest BCUT2D eigenvalue weighted by molar-refractivity contribution is 9.10. The number of ether oxygens (including phenoxy) is 1. The third-order valence-corrected chi connectivity index (χ3v) is 4.46. The zero-order valence-electron chi connectivity index (χ0n) is 12.1. The molecule has 1 aromatic carbocycles. The van der Waals surface area contributed by atoms with E-state index in [1.54, 1.807) is 6.07 Å². The topological polar surface area (TPSA) is 21.3 Å². The second-order valence-corrected chi connectivity index (χ2v) is 6.40. The number of nitrogens with one attached hydrogen (secondary N) is 1. The van der Waals surface area contributed by atoms with Gasteiger partial charge in [-0.05, 0) is 37.5 Å². The molecular formula is C15H19BrF3NO. The van der Waals surface area contributed by atoms with Crippen molar-refractivity contribution in [3.8, 4) is 5.75 Å². The van der Waals surface area contributed by atoms with Crippen LogP contribution >= 0.6 is 15.9 Å². The summed E-state index contributed by atoms with van der Waals surface area (Å²) >= 11 is 3.37. The number of anilines is 1. The maximum absolute atomic E-state index is 13.2. The van der Waals surface area contributed by atoms with E-state index in [1.165, 1.54) is 7.11 Å². The molecule has 21 heavy (non-hydrogen) atoms. The molecule has 1 aliphatic carbocycles. The summed E-state index contributed by atoms with van der Waals surface area (Å²) in [5, 5.41) is 3.09. The molecule has 0 heterocycles. The number of hydrogen-bond acceptors (Lipinski definition) is 2. The van der Waals surface area contributed by atoms with E-state index in [-0.39, 0.29) is 6.42 Å². The van der Waals surface area contributed by atoms with Crippen LogP contribution in [0.25, 0.3) is 0 Å². The fourth-order valence-electron chi connectivity index (χ4n) is 2.94. The van der Waals surface area contributed by atoms with Crippen molar-refractivity contribution >= 4 is 21.6 Å². The van der Waals surface area contributed by atoms with Gasteiger partial charge in [-0.3, -0.25) is 0 Å². The van der Waals surface area contributed by atoms with Crippen LogP contribution in [0, 0.1) is 12.8 Å². The molecule has 0 amide bonds. The molecule has 118 valence electrons. The Balaban J connectivity index is 2.27. The normalized spacial score (nSPS) is 23.0. The fraction of sp³-hybridized carbons (Fsp3) is 0.600. The Hall–Kier alpha value is -0.910. The Labute approximate surface area is 131 Å². The van der Waals surface area contributed by atoms with Gasteiger partial charge >= 0.3 is 6.18 Å². The molecular weight excluding hydrogens is 347 g/mol. The van der Waals surface area contributed by atoms with Crippen molar-refractivity contribution < 1.29 is 17.9 Å². The molecule has 0 radical (unpaired) electrons. The maximum Gasteiger partial charge on any atom is 0.393 e. The molecule has 0 bridgehead atoms. The lowest BCUT2D eigenvalue weighted by atomic mass is 9.83.